The molecule has 7 nitrogen and oxygen atoms in total. The molecule has 2 aromatic heterocycles. The summed E-state index contributed by atoms with van der Waals surface area (Å²) < 4.78 is 1.63. The number of carbonyl (C=O) groups excluding carboxylic acids is 2. The first kappa shape index (κ1) is 20.4. The van der Waals surface area contributed by atoms with Gasteiger partial charge in [0.2, 0.25) is 5.91 Å². The third-order valence-electron chi connectivity index (χ3n) is 4.75. The van der Waals surface area contributed by atoms with E-state index in [1.807, 2.05) is 35.7 Å². The van der Waals surface area contributed by atoms with Crippen molar-refractivity contribution in [3.63, 3.8) is 0 Å². The van der Waals surface area contributed by atoms with Gasteiger partial charge in [-0.2, -0.15) is 0 Å². The summed E-state index contributed by atoms with van der Waals surface area (Å²) >= 11 is 2.90. The summed E-state index contributed by atoms with van der Waals surface area (Å²) in [7, 11) is 0. The molecule has 3 amide bonds. The van der Waals surface area contributed by atoms with E-state index >= 15 is 0 Å². The van der Waals surface area contributed by atoms with Crippen LogP contribution >= 0.6 is 23.1 Å². The van der Waals surface area contributed by atoms with Gasteiger partial charge in [-0.3, -0.25) is 19.1 Å². The van der Waals surface area contributed by atoms with E-state index in [0.29, 0.717) is 40.6 Å². The minimum atomic E-state index is -0.347. The number of thiophene rings is 1. The summed E-state index contributed by atoms with van der Waals surface area (Å²) in [5, 5.41) is 5.72. The third kappa shape index (κ3) is 3.90. The van der Waals surface area contributed by atoms with E-state index < -0.39 is 0 Å². The van der Waals surface area contributed by atoms with Crippen molar-refractivity contribution < 1.29 is 9.59 Å². The van der Waals surface area contributed by atoms with Gasteiger partial charge in [0.1, 0.15) is 4.83 Å². The lowest BCUT2D eigenvalue weighted by Gasteiger charge is -2.13. The van der Waals surface area contributed by atoms with E-state index in [-0.39, 0.29) is 24.0 Å². The molecule has 1 aliphatic heterocycles. The molecule has 3 aromatic rings. The molecule has 0 aliphatic carbocycles. The van der Waals surface area contributed by atoms with Crippen molar-refractivity contribution in [2.24, 2.45) is 0 Å². The molecular weight excluding hydrogens is 420 g/mol. The number of urea groups is 1. The number of hydrogen-bond donors (Lipinski definition) is 1. The van der Waals surface area contributed by atoms with E-state index in [1.54, 1.807) is 10.6 Å². The highest BCUT2D eigenvalue weighted by Gasteiger charge is 2.27. The van der Waals surface area contributed by atoms with Crippen LogP contribution in [0.5, 0.6) is 0 Å². The second-order valence-electron chi connectivity index (χ2n) is 6.70. The number of rotatable bonds is 8. The lowest BCUT2D eigenvalue weighted by molar-refractivity contribution is -0.124. The first-order valence-electron chi connectivity index (χ1n) is 9.49. The first-order chi connectivity index (χ1) is 14.6. The maximum atomic E-state index is 13.3. The zero-order valence-corrected chi connectivity index (χ0v) is 17.8. The van der Waals surface area contributed by atoms with Gasteiger partial charge in [0.25, 0.3) is 5.56 Å². The summed E-state index contributed by atoms with van der Waals surface area (Å²) in [4.78, 5) is 43.2. The van der Waals surface area contributed by atoms with Crippen LogP contribution in [0, 0.1) is 0 Å². The zero-order valence-electron chi connectivity index (χ0n) is 16.2. The number of amides is 3. The fourth-order valence-corrected chi connectivity index (χ4v) is 5.22. The Hall–Kier alpha value is -2.91. The van der Waals surface area contributed by atoms with Crippen LogP contribution in [0.15, 0.2) is 58.3 Å². The molecule has 154 valence electrons. The Morgan fingerprint density at radius 1 is 1.23 bits per heavy atom. The Morgan fingerprint density at radius 2 is 2.03 bits per heavy atom. The van der Waals surface area contributed by atoms with Gasteiger partial charge in [0.15, 0.2) is 5.16 Å². The fraction of sp³-hybridized carbons (Fsp3) is 0.238. The van der Waals surface area contributed by atoms with Gasteiger partial charge in [0.05, 0.1) is 11.9 Å². The van der Waals surface area contributed by atoms with E-state index in [9.17, 15) is 14.4 Å². The maximum absolute atomic E-state index is 13.3. The number of aromatic nitrogens is 2. The van der Waals surface area contributed by atoms with Gasteiger partial charge >= 0.3 is 6.03 Å². The average Bonchev–Trinajstić information content (AvgIpc) is 3.32. The Kier molecular flexibility index (Phi) is 6.01. The topological polar surface area (TPSA) is 84.3 Å². The molecule has 0 unspecified atom stereocenters. The van der Waals surface area contributed by atoms with Crippen molar-refractivity contribution in [3.05, 3.63) is 58.7 Å². The van der Waals surface area contributed by atoms with Crippen molar-refractivity contribution in [1.29, 1.82) is 0 Å². The van der Waals surface area contributed by atoms with Crippen LogP contribution in [0.3, 0.4) is 0 Å². The molecule has 0 saturated carbocycles. The molecule has 9 heteroatoms. The van der Waals surface area contributed by atoms with E-state index in [0.717, 1.165) is 11.1 Å². The first-order valence-corrected chi connectivity index (χ1v) is 11.4. The molecule has 1 N–H and O–H groups in total. The average molecular weight is 441 g/mol. The highest BCUT2D eigenvalue weighted by Crippen LogP contribution is 2.32. The molecule has 30 heavy (non-hydrogen) atoms. The van der Waals surface area contributed by atoms with Crippen LogP contribution in [0.2, 0.25) is 0 Å². The zero-order chi connectivity index (χ0) is 21.1. The number of carbonyl (C=O) groups is 2. The van der Waals surface area contributed by atoms with Gasteiger partial charge < -0.3 is 5.32 Å². The number of thioether (sulfide) groups is 1. The Bertz CT molecular complexity index is 1150. The second kappa shape index (κ2) is 8.85. The smallest absolute Gasteiger partial charge is 0.324 e. The fourth-order valence-electron chi connectivity index (χ4n) is 3.30. The van der Waals surface area contributed by atoms with E-state index in [4.69, 9.17) is 4.98 Å². The molecule has 3 heterocycles. The number of nitrogens with zero attached hydrogens (tertiary/aromatic N) is 3. The van der Waals surface area contributed by atoms with Crippen LogP contribution in [0.25, 0.3) is 21.3 Å². The van der Waals surface area contributed by atoms with Crippen molar-refractivity contribution >= 4 is 45.3 Å². The number of benzene rings is 1. The Morgan fingerprint density at radius 3 is 2.73 bits per heavy atom. The highest BCUT2D eigenvalue weighted by molar-refractivity contribution is 7.99. The summed E-state index contributed by atoms with van der Waals surface area (Å²) in [6.07, 6.45) is 2.30. The highest BCUT2D eigenvalue weighted by atomic mass is 32.2. The summed E-state index contributed by atoms with van der Waals surface area (Å²) in [6.45, 7) is 4.54. The SMILES string of the molecule is C=CCn1c(SCCCN2C(=O)CNC2=O)nc2scc(-c3ccccc3)c2c1=O. The minimum Gasteiger partial charge on any atom is -0.329 e. The molecule has 0 spiro atoms. The van der Waals surface area contributed by atoms with Crippen molar-refractivity contribution in [2.45, 2.75) is 18.1 Å². The lowest BCUT2D eigenvalue weighted by atomic mass is 10.1. The number of nitrogens with one attached hydrogen (secondary N) is 1. The van der Waals surface area contributed by atoms with Gasteiger partial charge in [-0.15, -0.1) is 17.9 Å². The number of fused-ring (bicyclic) bond motifs is 1. The number of imide groups is 1. The molecule has 1 aromatic carbocycles. The molecule has 4 rings (SSSR count). The van der Waals surface area contributed by atoms with Crippen LogP contribution < -0.4 is 10.9 Å². The van der Waals surface area contributed by atoms with Crippen LogP contribution in [-0.2, 0) is 11.3 Å². The normalized spacial score (nSPS) is 13.8. The standard InChI is InChI=1S/C21H20N4O3S2/c1-2-9-25-19(27)17-15(14-7-4-3-5-8-14)13-30-18(17)23-21(25)29-11-6-10-24-16(26)12-22-20(24)28/h2-5,7-8,13H,1,6,9-12H2,(H,22,28). The summed E-state index contributed by atoms with van der Waals surface area (Å²) in [5.74, 6) is 0.420. The molecular formula is C21H20N4O3S2. The van der Waals surface area contributed by atoms with Crippen molar-refractivity contribution in [2.75, 3.05) is 18.8 Å². The largest absolute Gasteiger partial charge is 0.329 e. The lowest BCUT2D eigenvalue weighted by Crippen LogP contribution is -2.32. The van der Waals surface area contributed by atoms with Gasteiger partial charge in [-0.25, -0.2) is 9.78 Å². The predicted molar refractivity (Wildman–Crippen MR) is 120 cm³/mol. The quantitative estimate of drug-likeness (QED) is 0.191. The second-order valence-corrected chi connectivity index (χ2v) is 8.62. The van der Waals surface area contributed by atoms with Crippen LogP contribution in [0.4, 0.5) is 4.79 Å². The third-order valence-corrected chi connectivity index (χ3v) is 6.68. The Labute approximate surface area is 181 Å². The van der Waals surface area contributed by atoms with Crippen molar-refractivity contribution in [3.8, 4) is 11.1 Å². The monoisotopic (exact) mass is 440 g/mol. The summed E-state index contributed by atoms with van der Waals surface area (Å²) in [6, 6.07) is 9.46. The molecule has 1 saturated heterocycles. The van der Waals surface area contributed by atoms with Gasteiger partial charge in [0, 0.05) is 29.8 Å². The van der Waals surface area contributed by atoms with Crippen LogP contribution in [0.1, 0.15) is 6.42 Å². The van der Waals surface area contributed by atoms with E-state index in [1.165, 1.54) is 28.0 Å². The number of allylic oxidation sites excluding steroid dienone is 1. The minimum absolute atomic E-state index is 0.0607. The van der Waals surface area contributed by atoms with Gasteiger partial charge in [-0.05, 0) is 12.0 Å². The van der Waals surface area contributed by atoms with Crippen molar-refractivity contribution in [1.82, 2.24) is 19.8 Å². The van der Waals surface area contributed by atoms with Crippen LogP contribution in [-0.4, -0.2) is 45.2 Å². The summed E-state index contributed by atoms with van der Waals surface area (Å²) in [5.41, 5.74) is 1.79. The molecule has 0 bridgehead atoms. The maximum Gasteiger partial charge on any atom is 0.324 e. The molecule has 0 radical (unpaired) electrons. The Balaban J connectivity index is 1.58. The molecule has 0 atom stereocenters. The number of hydrogen-bond acceptors (Lipinski definition) is 6. The van der Waals surface area contributed by atoms with E-state index in [2.05, 4.69) is 11.9 Å². The predicted octanol–water partition coefficient (Wildman–Crippen LogP) is 3.35. The molecule has 1 aliphatic rings. The van der Waals surface area contributed by atoms with Gasteiger partial charge in [-0.1, -0.05) is 48.2 Å². The molecule has 1 fully saturated rings.